The van der Waals surface area contributed by atoms with Crippen LogP contribution >= 0.6 is 12.2 Å². The molecular weight excluding hydrogens is 396 g/mol. The van der Waals surface area contributed by atoms with Crippen LogP contribution in [0.25, 0.3) is 0 Å². The average molecular weight is 427 g/mol. The lowest BCUT2D eigenvalue weighted by molar-refractivity contribution is 0.397. The van der Waals surface area contributed by atoms with E-state index in [9.17, 15) is 0 Å². The summed E-state index contributed by atoms with van der Waals surface area (Å²) in [5.74, 6) is 1.87. The smallest absolute Gasteiger partial charge is 0.234 e. The zero-order chi connectivity index (χ0) is 20.8. The number of rotatable bonds is 6. The van der Waals surface area contributed by atoms with E-state index in [4.69, 9.17) is 17.0 Å². The largest absolute Gasteiger partial charge is 0.481 e. The lowest BCUT2D eigenvalue weighted by Gasteiger charge is -2.28. The van der Waals surface area contributed by atoms with Crippen LogP contribution in [0.15, 0.2) is 30.3 Å². The number of piperidine rings is 1. The van der Waals surface area contributed by atoms with E-state index in [0.29, 0.717) is 23.5 Å². The number of methoxy groups -OCH3 is 1. The Morgan fingerprint density at radius 1 is 0.967 bits per heavy atom. The number of thiocarbonyl (C=S) groups is 1. The SMILES string of the molecule is COc1cc(N2CCCCC2)nc(NC(=S)NCc2ccc(N3CCCC3)cc2)n1. The Morgan fingerprint density at radius 3 is 2.33 bits per heavy atom. The Kier molecular flexibility index (Phi) is 6.84. The van der Waals surface area contributed by atoms with Crippen LogP contribution in [-0.4, -0.2) is 48.4 Å². The molecule has 4 rings (SSSR count). The molecule has 2 aliphatic heterocycles. The van der Waals surface area contributed by atoms with Crippen LogP contribution in [0.1, 0.15) is 37.7 Å². The van der Waals surface area contributed by atoms with Gasteiger partial charge < -0.3 is 25.2 Å². The number of hydrogen-bond acceptors (Lipinski definition) is 6. The molecule has 2 saturated heterocycles. The van der Waals surface area contributed by atoms with E-state index in [1.165, 1.54) is 43.4 Å². The zero-order valence-electron chi connectivity index (χ0n) is 17.6. The van der Waals surface area contributed by atoms with Gasteiger partial charge in [-0.2, -0.15) is 9.97 Å². The van der Waals surface area contributed by atoms with Crippen molar-refractivity contribution in [3.8, 4) is 5.88 Å². The van der Waals surface area contributed by atoms with Crippen molar-refractivity contribution >= 4 is 34.8 Å². The summed E-state index contributed by atoms with van der Waals surface area (Å²) >= 11 is 5.46. The van der Waals surface area contributed by atoms with Crippen LogP contribution in [0.3, 0.4) is 0 Å². The molecule has 1 aromatic heterocycles. The van der Waals surface area contributed by atoms with Crippen molar-refractivity contribution in [2.24, 2.45) is 0 Å². The van der Waals surface area contributed by atoms with Crippen LogP contribution in [0, 0.1) is 0 Å². The Balaban J connectivity index is 1.34. The molecule has 30 heavy (non-hydrogen) atoms. The molecule has 2 N–H and O–H groups in total. The second-order valence-electron chi connectivity index (χ2n) is 7.81. The fraction of sp³-hybridized carbons (Fsp3) is 0.500. The first-order valence-electron chi connectivity index (χ1n) is 10.8. The second-order valence-corrected chi connectivity index (χ2v) is 8.22. The minimum Gasteiger partial charge on any atom is -0.481 e. The minimum atomic E-state index is 0.455. The second kappa shape index (κ2) is 9.93. The predicted molar refractivity (Wildman–Crippen MR) is 126 cm³/mol. The van der Waals surface area contributed by atoms with Crippen LogP contribution in [0.4, 0.5) is 17.5 Å². The maximum atomic E-state index is 5.46. The lowest BCUT2D eigenvalue weighted by Crippen LogP contribution is -2.31. The third-order valence-corrected chi connectivity index (χ3v) is 5.91. The van der Waals surface area contributed by atoms with Crippen molar-refractivity contribution in [1.82, 2.24) is 15.3 Å². The third-order valence-electron chi connectivity index (χ3n) is 5.66. The first-order chi connectivity index (χ1) is 14.7. The zero-order valence-corrected chi connectivity index (χ0v) is 18.4. The number of nitrogens with one attached hydrogen (secondary N) is 2. The average Bonchev–Trinajstić information content (AvgIpc) is 3.33. The standard InChI is InChI=1S/C22H30N6OS/c1-29-20-15-19(28-13-3-2-4-14-28)24-21(25-20)26-22(30)23-16-17-7-9-18(10-8-17)27-11-5-6-12-27/h7-10,15H,2-6,11-14,16H2,1H3,(H2,23,24,25,26,30). The van der Waals surface area contributed by atoms with E-state index in [0.717, 1.165) is 32.0 Å². The highest BCUT2D eigenvalue weighted by atomic mass is 32.1. The number of anilines is 3. The first kappa shape index (κ1) is 20.7. The summed E-state index contributed by atoms with van der Waals surface area (Å²) in [4.78, 5) is 13.7. The van der Waals surface area contributed by atoms with Crippen LogP contribution in [0.5, 0.6) is 5.88 Å². The molecule has 0 bridgehead atoms. The number of nitrogens with zero attached hydrogens (tertiary/aromatic N) is 4. The molecular formula is C22H30N6OS. The van der Waals surface area contributed by atoms with Crippen molar-refractivity contribution in [2.45, 2.75) is 38.6 Å². The summed E-state index contributed by atoms with van der Waals surface area (Å²) in [6.07, 6.45) is 6.22. The van der Waals surface area contributed by atoms with E-state index in [2.05, 4.69) is 54.7 Å². The van der Waals surface area contributed by atoms with Gasteiger partial charge in [0.1, 0.15) is 5.82 Å². The van der Waals surface area contributed by atoms with Gasteiger partial charge in [0.05, 0.1) is 7.11 Å². The highest BCUT2D eigenvalue weighted by Crippen LogP contribution is 2.23. The van der Waals surface area contributed by atoms with Crippen molar-refractivity contribution in [3.05, 3.63) is 35.9 Å². The monoisotopic (exact) mass is 426 g/mol. The summed E-state index contributed by atoms with van der Waals surface area (Å²) in [7, 11) is 1.62. The molecule has 0 spiro atoms. The maximum Gasteiger partial charge on any atom is 0.234 e. The van der Waals surface area contributed by atoms with Crippen molar-refractivity contribution in [2.75, 3.05) is 48.4 Å². The van der Waals surface area contributed by atoms with Gasteiger partial charge in [0, 0.05) is 44.5 Å². The molecule has 2 aliphatic rings. The van der Waals surface area contributed by atoms with E-state index in [-0.39, 0.29) is 0 Å². The van der Waals surface area contributed by atoms with Crippen LogP contribution in [0.2, 0.25) is 0 Å². The molecule has 0 unspecified atom stereocenters. The highest BCUT2D eigenvalue weighted by molar-refractivity contribution is 7.80. The summed E-state index contributed by atoms with van der Waals surface area (Å²) < 4.78 is 5.37. The molecule has 0 aliphatic carbocycles. The number of benzene rings is 1. The van der Waals surface area contributed by atoms with Gasteiger partial charge in [-0.25, -0.2) is 0 Å². The Morgan fingerprint density at radius 2 is 1.63 bits per heavy atom. The molecule has 2 aromatic rings. The predicted octanol–water partition coefficient (Wildman–Crippen LogP) is 3.56. The number of aromatic nitrogens is 2. The van der Waals surface area contributed by atoms with Crippen molar-refractivity contribution < 1.29 is 4.74 Å². The highest BCUT2D eigenvalue weighted by Gasteiger charge is 2.16. The Hall–Kier alpha value is -2.61. The van der Waals surface area contributed by atoms with Crippen LogP contribution in [-0.2, 0) is 6.54 Å². The lowest BCUT2D eigenvalue weighted by atomic mass is 10.1. The molecule has 1 aromatic carbocycles. The van der Waals surface area contributed by atoms with E-state index in [1.54, 1.807) is 7.11 Å². The molecule has 0 radical (unpaired) electrons. The van der Waals surface area contributed by atoms with E-state index in [1.807, 2.05) is 6.07 Å². The van der Waals surface area contributed by atoms with E-state index >= 15 is 0 Å². The molecule has 2 fully saturated rings. The normalized spacial score (nSPS) is 16.4. The minimum absolute atomic E-state index is 0.455. The van der Waals surface area contributed by atoms with Crippen molar-refractivity contribution in [3.63, 3.8) is 0 Å². The molecule has 160 valence electrons. The Bertz CT molecular complexity index is 847. The number of hydrogen-bond donors (Lipinski definition) is 2. The Labute approximate surface area is 183 Å². The van der Waals surface area contributed by atoms with Gasteiger partial charge in [-0.15, -0.1) is 0 Å². The molecule has 7 nitrogen and oxygen atoms in total. The molecule has 0 saturated carbocycles. The first-order valence-corrected chi connectivity index (χ1v) is 11.2. The van der Waals surface area contributed by atoms with E-state index < -0.39 is 0 Å². The maximum absolute atomic E-state index is 5.46. The number of ether oxygens (including phenoxy) is 1. The quantitative estimate of drug-likeness (QED) is 0.680. The molecule has 0 atom stereocenters. The van der Waals surface area contributed by atoms with Gasteiger partial charge in [0.15, 0.2) is 5.11 Å². The van der Waals surface area contributed by atoms with Gasteiger partial charge in [-0.1, -0.05) is 12.1 Å². The van der Waals surface area contributed by atoms with Crippen molar-refractivity contribution in [1.29, 1.82) is 0 Å². The fourth-order valence-corrected chi connectivity index (χ4v) is 4.15. The van der Waals surface area contributed by atoms with Gasteiger partial charge in [0.2, 0.25) is 11.8 Å². The van der Waals surface area contributed by atoms with Gasteiger partial charge in [0.25, 0.3) is 0 Å². The van der Waals surface area contributed by atoms with Gasteiger partial charge >= 0.3 is 0 Å². The fourth-order valence-electron chi connectivity index (χ4n) is 3.99. The summed E-state index contributed by atoms with van der Waals surface area (Å²) in [6.45, 7) is 4.98. The van der Waals surface area contributed by atoms with Crippen LogP contribution < -0.4 is 25.2 Å². The summed E-state index contributed by atoms with van der Waals surface area (Å²) in [5, 5.41) is 6.85. The van der Waals surface area contributed by atoms with Gasteiger partial charge in [-0.05, 0) is 62.0 Å². The topological polar surface area (TPSA) is 65.6 Å². The molecule has 0 amide bonds. The molecule has 8 heteroatoms. The van der Waals surface area contributed by atoms with Gasteiger partial charge in [-0.3, -0.25) is 0 Å². The summed E-state index contributed by atoms with van der Waals surface area (Å²) in [5.41, 5.74) is 2.48. The summed E-state index contributed by atoms with van der Waals surface area (Å²) in [6, 6.07) is 10.6. The third kappa shape index (κ3) is 5.30. The molecule has 3 heterocycles.